The molecule has 2 nitrogen and oxygen atoms in total. The lowest BCUT2D eigenvalue weighted by Gasteiger charge is -2.26. The van der Waals surface area contributed by atoms with Crippen molar-refractivity contribution in [1.29, 1.82) is 0 Å². The molecular weight excluding hydrogens is 284 g/mol. The highest BCUT2D eigenvalue weighted by Crippen LogP contribution is 2.33. The first-order valence-corrected chi connectivity index (χ1v) is 5.69. The molecule has 0 aromatic heterocycles. The topological polar surface area (TPSA) is 46.2 Å². The Morgan fingerprint density at radius 3 is 2.67 bits per heavy atom. The molecule has 0 fully saturated rings. The minimum absolute atomic E-state index is 0.0344. The van der Waals surface area contributed by atoms with E-state index in [0.717, 1.165) is 0 Å². The molecule has 0 radical (unpaired) electrons. The minimum atomic E-state index is -1.35. The zero-order valence-corrected chi connectivity index (χ0v) is 10.6. The molecule has 0 heterocycles. The lowest BCUT2D eigenvalue weighted by Crippen LogP contribution is -2.35. The first-order chi connectivity index (χ1) is 6.96. The largest absolute Gasteiger partial charge is 0.384 e. The Morgan fingerprint density at radius 1 is 1.60 bits per heavy atom. The van der Waals surface area contributed by atoms with Crippen LogP contribution in [0.5, 0.6) is 0 Å². The number of benzene rings is 1. The molecule has 0 spiro atoms. The highest BCUT2D eigenvalue weighted by atomic mass is 79.9. The summed E-state index contributed by atoms with van der Waals surface area (Å²) in [6.07, 6.45) is 0.332. The van der Waals surface area contributed by atoms with Gasteiger partial charge in [0, 0.05) is 16.6 Å². The maximum atomic E-state index is 13.8. The van der Waals surface area contributed by atoms with Crippen molar-refractivity contribution >= 4 is 27.5 Å². The van der Waals surface area contributed by atoms with Gasteiger partial charge in [-0.05, 0) is 28.4 Å². The molecule has 1 unspecified atom stereocenters. The fourth-order valence-electron chi connectivity index (χ4n) is 1.33. The number of rotatable bonds is 3. The first-order valence-electron chi connectivity index (χ1n) is 4.52. The Labute approximate surface area is 101 Å². The smallest absolute Gasteiger partial charge is 0.149 e. The molecule has 0 saturated heterocycles. The summed E-state index contributed by atoms with van der Waals surface area (Å²) < 4.78 is 14.2. The fourth-order valence-corrected chi connectivity index (χ4v) is 1.80. The summed E-state index contributed by atoms with van der Waals surface area (Å²) in [7, 11) is 0. The van der Waals surface area contributed by atoms with Gasteiger partial charge in [-0.25, -0.2) is 4.39 Å². The predicted octanol–water partition coefficient (Wildman–Crippen LogP) is 2.80. The molecule has 0 amide bonds. The third-order valence-corrected chi connectivity index (χ3v) is 3.72. The van der Waals surface area contributed by atoms with E-state index in [1.807, 2.05) is 0 Å². The molecule has 0 aliphatic carbocycles. The highest BCUT2D eigenvalue weighted by Gasteiger charge is 2.30. The summed E-state index contributed by atoms with van der Waals surface area (Å²) in [5.41, 5.74) is 4.22. The second-order valence-electron chi connectivity index (χ2n) is 3.31. The van der Waals surface area contributed by atoms with Crippen LogP contribution in [-0.2, 0) is 5.60 Å². The van der Waals surface area contributed by atoms with Crippen molar-refractivity contribution < 1.29 is 9.50 Å². The van der Waals surface area contributed by atoms with Crippen LogP contribution >= 0.6 is 27.5 Å². The third kappa shape index (κ3) is 2.33. The normalized spacial score (nSPS) is 15.1. The summed E-state index contributed by atoms with van der Waals surface area (Å²) in [6.45, 7) is 1.70. The van der Waals surface area contributed by atoms with Crippen LogP contribution in [0.3, 0.4) is 0 Å². The van der Waals surface area contributed by atoms with E-state index in [-0.39, 0.29) is 17.1 Å². The number of aliphatic hydroxyl groups is 1. The Morgan fingerprint density at radius 2 is 2.20 bits per heavy atom. The molecule has 15 heavy (non-hydrogen) atoms. The molecule has 0 saturated carbocycles. The maximum absolute atomic E-state index is 13.8. The van der Waals surface area contributed by atoms with Gasteiger partial charge >= 0.3 is 0 Å². The maximum Gasteiger partial charge on any atom is 0.149 e. The van der Waals surface area contributed by atoms with Crippen LogP contribution in [0.1, 0.15) is 18.9 Å². The van der Waals surface area contributed by atoms with Gasteiger partial charge in [-0.3, -0.25) is 0 Å². The summed E-state index contributed by atoms with van der Waals surface area (Å²) in [6, 6.07) is 3.08. The van der Waals surface area contributed by atoms with Crippen LogP contribution in [0, 0.1) is 5.82 Å². The Bertz CT molecular complexity index is 369. The van der Waals surface area contributed by atoms with Crippen LogP contribution in [-0.4, -0.2) is 11.7 Å². The zero-order valence-electron chi connectivity index (χ0n) is 8.23. The standard InChI is InChI=1S/C10H12BrClFNO/c1-2-10(15,5-14)6-3-4-7(11)8(12)9(6)13/h3-4,15H,2,5,14H2,1H3. The van der Waals surface area contributed by atoms with Crippen molar-refractivity contribution in [2.24, 2.45) is 5.73 Å². The van der Waals surface area contributed by atoms with Crippen molar-refractivity contribution in [3.05, 3.63) is 33.0 Å². The number of hydrogen-bond donors (Lipinski definition) is 2. The van der Waals surface area contributed by atoms with Crippen LogP contribution in [0.15, 0.2) is 16.6 Å². The highest BCUT2D eigenvalue weighted by molar-refractivity contribution is 9.10. The van der Waals surface area contributed by atoms with E-state index in [4.69, 9.17) is 17.3 Å². The number of halogens is 3. The quantitative estimate of drug-likeness (QED) is 0.843. The first kappa shape index (κ1) is 12.9. The van der Waals surface area contributed by atoms with Gasteiger partial charge in [-0.1, -0.05) is 24.6 Å². The summed E-state index contributed by atoms with van der Waals surface area (Å²) in [5, 5.41) is 10.0. The van der Waals surface area contributed by atoms with Crippen molar-refractivity contribution in [2.45, 2.75) is 18.9 Å². The fraction of sp³-hybridized carbons (Fsp3) is 0.400. The summed E-state index contributed by atoms with van der Waals surface area (Å²) in [4.78, 5) is 0. The van der Waals surface area contributed by atoms with Gasteiger partial charge in [0.05, 0.1) is 5.02 Å². The van der Waals surface area contributed by atoms with E-state index >= 15 is 0 Å². The van der Waals surface area contributed by atoms with Gasteiger partial charge in [0.25, 0.3) is 0 Å². The summed E-state index contributed by atoms with van der Waals surface area (Å²) in [5.74, 6) is -0.624. The second kappa shape index (κ2) is 4.78. The lowest BCUT2D eigenvalue weighted by molar-refractivity contribution is 0.0382. The Kier molecular flexibility index (Phi) is 4.12. The zero-order chi connectivity index (χ0) is 11.6. The van der Waals surface area contributed by atoms with E-state index in [9.17, 15) is 9.50 Å². The van der Waals surface area contributed by atoms with Gasteiger partial charge in [-0.2, -0.15) is 0 Å². The molecule has 1 aromatic carbocycles. The van der Waals surface area contributed by atoms with Gasteiger partial charge in [0.15, 0.2) is 0 Å². The molecule has 1 atom stereocenters. The predicted molar refractivity (Wildman–Crippen MR) is 62.4 cm³/mol. The number of nitrogens with two attached hydrogens (primary N) is 1. The van der Waals surface area contributed by atoms with Crippen molar-refractivity contribution in [3.63, 3.8) is 0 Å². The lowest BCUT2D eigenvalue weighted by atomic mass is 9.91. The molecule has 0 aliphatic rings. The summed E-state index contributed by atoms with van der Waals surface area (Å²) >= 11 is 8.83. The molecule has 0 bridgehead atoms. The van der Waals surface area contributed by atoms with E-state index in [0.29, 0.717) is 10.9 Å². The molecular formula is C10H12BrClFNO. The molecule has 0 aliphatic heterocycles. The van der Waals surface area contributed by atoms with E-state index in [1.165, 1.54) is 6.07 Å². The molecule has 1 aromatic rings. The average Bonchev–Trinajstić information content (AvgIpc) is 2.25. The SMILES string of the molecule is CCC(O)(CN)c1ccc(Br)c(Cl)c1F. The van der Waals surface area contributed by atoms with Crippen molar-refractivity contribution in [3.8, 4) is 0 Å². The van der Waals surface area contributed by atoms with Gasteiger partial charge in [-0.15, -0.1) is 0 Å². The van der Waals surface area contributed by atoms with Gasteiger partial charge < -0.3 is 10.8 Å². The van der Waals surface area contributed by atoms with Crippen LogP contribution in [0.2, 0.25) is 5.02 Å². The van der Waals surface area contributed by atoms with Crippen LogP contribution in [0.4, 0.5) is 4.39 Å². The van der Waals surface area contributed by atoms with Gasteiger partial charge in [0.1, 0.15) is 11.4 Å². The minimum Gasteiger partial charge on any atom is -0.384 e. The molecule has 1 rings (SSSR count). The van der Waals surface area contributed by atoms with Crippen molar-refractivity contribution in [2.75, 3.05) is 6.54 Å². The average molecular weight is 297 g/mol. The molecule has 5 heteroatoms. The van der Waals surface area contributed by atoms with Crippen LogP contribution in [0.25, 0.3) is 0 Å². The monoisotopic (exact) mass is 295 g/mol. The molecule has 84 valence electrons. The Hall–Kier alpha value is -0.160. The van der Waals surface area contributed by atoms with Crippen LogP contribution < -0.4 is 5.73 Å². The van der Waals surface area contributed by atoms with E-state index in [1.54, 1.807) is 13.0 Å². The Balaban J connectivity index is 3.32. The number of hydrogen-bond acceptors (Lipinski definition) is 2. The van der Waals surface area contributed by atoms with Crippen molar-refractivity contribution in [1.82, 2.24) is 0 Å². The second-order valence-corrected chi connectivity index (χ2v) is 4.54. The van der Waals surface area contributed by atoms with E-state index < -0.39 is 11.4 Å². The van der Waals surface area contributed by atoms with Gasteiger partial charge in [0.2, 0.25) is 0 Å². The third-order valence-electron chi connectivity index (χ3n) is 2.46. The van der Waals surface area contributed by atoms with E-state index in [2.05, 4.69) is 15.9 Å². The molecule has 3 N–H and O–H groups in total.